The van der Waals surface area contributed by atoms with Crippen molar-refractivity contribution in [1.82, 2.24) is 29.7 Å². The zero-order chi connectivity index (χ0) is 21.8. The first-order valence-corrected chi connectivity index (χ1v) is 9.47. The highest BCUT2D eigenvalue weighted by atomic mass is 35.5. The van der Waals surface area contributed by atoms with Crippen LogP contribution in [0.1, 0.15) is 32.0 Å². The summed E-state index contributed by atoms with van der Waals surface area (Å²) in [5.74, 6) is 0.391. The molecule has 0 bridgehead atoms. The third-order valence-corrected chi connectivity index (χ3v) is 5.00. The lowest BCUT2D eigenvalue weighted by Crippen LogP contribution is -2.12. The van der Waals surface area contributed by atoms with Gasteiger partial charge in [0, 0.05) is 18.0 Å². The van der Waals surface area contributed by atoms with Crippen molar-refractivity contribution >= 4 is 22.9 Å². The average Bonchev–Trinajstić information content (AvgIpc) is 3.20. The number of fused-ring (bicyclic) bond motifs is 1. The Morgan fingerprint density at radius 2 is 1.77 bits per heavy atom. The first kappa shape index (κ1) is 20.3. The molecule has 156 valence electrons. The van der Waals surface area contributed by atoms with E-state index in [9.17, 15) is 13.2 Å². The summed E-state index contributed by atoms with van der Waals surface area (Å²) in [6.07, 6.45) is -3.22. The fraction of sp³-hybridized carbons (Fsp3) is 0.300. The molecule has 3 aromatic heterocycles. The van der Waals surface area contributed by atoms with Gasteiger partial charge < -0.3 is 4.98 Å². The second kappa shape index (κ2) is 6.80. The highest BCUT2D eigenvalue weighted by Gasteiger charge is 2.34. The monoisotopic (exact) mass is 434 g/mol. The van der Waals surface area contributed by atoms with Crippen LogP contribution in [0.2, 0.25) is 5.02 Å². The standard InChI is InChI=1S/C20H18ClF3N6/c1-19(2,3)15-13(21)14(30(4)29-15)16-27-17-18(28-16)26-12(9-25-17)10-7-5-6-8-11(10)20(22,23)24/h5-9H,1-4H3,(H,25,26,27,28). The molecule has 10 heteroatoms. The minimum atomic E-state index is -4.50. The van der Waals surface area contributed by atoms with Gasteiger partial charge in [0.25, 0.3) is 0 Å². The minimum Gasteiger partial charge on any atom is -0.320 e. The Hall–Kier alpha value is -2.94. The van der Waals surface area contributed by atoms with Gasteiger partial charge in [0.15, 0.2) is 17.1 Å². The second-order valence-electron chi connectivity index (χ2n) is 7.94. The predicted molar refractivity (Wildman–Crippen MR) is 108 cm³/mol. The lowest BCUT2D eigenvalue weighted by Gasteiger charge is -2.15. The van der Waals surface area contributed by atoms with Crippen LogP contribution in [0.15, 0.2) is 30.5 Å². The Labute approximate surface area is 175 Å². The molecule has 6 nitrogen and oxygen atoms in total. The van der Waals surface area contributed by atoms with E-state index in [4.69, 9.17) is 11.6 Å². The molecular formula is C20H18ClF3N6. The van der Waals surface area contributed by atoms with Gasteiger partial charge in [-0.25, -0.2) is 15.0 Å². The Kier molecular flexibility index (Phi) is 4.61. The maximum absolute atomic E-state index is 13.4. The molecule has 0 aliphatic carbocycles. The van der Waals surface area contributed by atoms with Crippen molar-refractivity contribution in [2.24, 2.45) is 7.05 Å². The summed E-state index contributed by atoms with van der Waals surface area (Å²) in [4.78, 5) is 15.9. The van der Waals surface area contributed by atoms with Crippen molar-refractivity contribution in [1.29, 1.82) is 0 Å². The van der Waals surface area contributed by atoms with Crippen molar-refractivity contribution in [3.63, 3.8) is 0 Å². The maximum atomic E-state index is 13.4. The maximum Gasteiger partial charge on any atom is 0.417 e. The number of benzene rings is 1. The van der Waals surface area contributed by atoms with Gasteiger partial charge in [-0.15, -0.1) is 0 Å². The number of nitrogens with one attached hydrogen (secondary N) is 1. The zero-order valence-corrected chi connectivity index (χ0v) is 17.4. The van der Waals surface area contributed by atoms with E-state index in [0.29, 0.717) is 22.2 Å². The van der Waals surface area contributed by atoms with Gasteiger partial charge in [-0.3, -0.25) is 4.68 Å². The Balaban J connectivity index is 1.84. The first-order valence-electron chi connectivity index (χ1n) is 9.09. The molecule has 4 aromatic rings. The smallest absolute Gasteiger partial charge is 0.320 e. The number of hydrogen-bond donors (Lipinski definition) is 1. The number of H-pyrrole nitrogens is 1. The fourth-order valence-corrected chi connectivity index (χ4v) is 3.76. The third-order valence-electron chi connectivity index (χ3n) is 4.64. The molecule has 4 rings (SSSR count). The van der Waals surface area contributed by atoms with Gasteiger partial charge in [0.05, 0.1) is 28.2 Å². The lowest BCUT2D eigenvalue weighted by molar-refractivity contribution is -0.137. The van der Waals surface area contributed by atoms with Gasteiger partial charge >= 0.3 is 6.18 Å². The summed E-state index contributed by atoms with van der Waals surface area (Å²) in [6.45, 7) is 5.99. The molecule has 0 unspecified atom stereocenters. The minimum absolute atomic E-state index is 0.0517. The number of halogens is 4. The lowest BCUT2D eigenvalue weighted by atomic mass is 9.92. The molecule has 1 aromatic carbocycles. The largest absolute Gasteiger partial charge is 0.417 e. The SMILES string of the molecule is Cn1nc(C(C)(C)C)c(Cl)c1-c1nc2ncc(-c3ccccc3C(F)(F)F)nc2[nH]1. The van der Waals surface area contributed by atoms with Crippen molar-refractivity contribution in [3.05, 3.63) is 46.7 Å². The van der Waals surface area contributed by atoms with E-state index in [1.807, 2.05) is 20.8 Å². The van der Waals surface area contributed by atoms with Crippen LogP contribution in [-0.2, 0) is 18.6 Å². The van der Waals surface area contributed by atoms with Crippen LogP contribution < -0.4 is 0 Å². The first-order chi connectivity index (χ1) is 14.0. The molecule has 0 aliphatic rings. The van der Waals surface area contributed by atoms with E-state index in [0.717, 1.165) is 6.07 Å². The van der Waals surface area contributed by atoms with Gasteiger partial charge in [-0.1, -0.05) is 50.6 Å². The van der Waals surface area contributed by atoms with Crippen LogP contribution in [0, 0.1) is 0 Å². The van der Waals surface area contributed by atoms with Gasteiger partial charge in [-0.05, 0) is 6.07 Å². The van der Waals surface area contributed by atoms with Crippen molar-refractivity contribution < 1.29 is 13.2 Å². The second-order valence-corrected chi connectivity index (χ2v) is 8.32. The average molecular weight is 435 g/mol. The molecule has 0 amide bonds. The molecule has 30 heavy (non-hydrogen) atoms. The summed E-state index contributed by atoms with van der Waals surface area (Å²) in [7, 11) is 1.75. The van der Waals surface area contributed by atoms with E-state index in [1.54, 1.807) is 11.7 Å². The summed E-state index contributed by atoms with van der Waals surface area (Å²) in [5.41, 5.74) is 0.789. The summed E-state index contributed by atoms with van der Waals surface area (Å²) in [6, 6.07) is 5.24. The molecule has 0 atom stereocenters. The topological polar surface area (TPSA) is 72.3 Å². The molecule has 0 fully saturated rings. The number of hydrogen-bond acceptors (Lipinski definition) is 4. The molecule has 0 saturated carbocycles. The van der Waals surface area contributed by atoms with E-state index >= 15 is 0 Å². The van der Waals surface area contributed by atoms with Crippen LogP contribution in [0.25, 0.3) is 34.1 Å². The molecule has 0 radical (unpaired) electrons. The van der Waals surface area contributed by atoms with Crippen LogP contribution in [0.5, 0.6) is 0 Å². The van der Waals surface area contributed by atoms with E-state index in [2.05, 4.69) is 25.0 Å². The van der Waals surface area contributed by atoms with Crippen LogP contribution in [0.3, 0.4) is 0 Å². The Morgan fingerprint density at radius 1 is 1.07 bits per heavy atom. The molecule has 1 N–H and O–H groups in total. The van der Waals surface area contributed by atoms with Gasteiger partial charge in [0.1, 0.15) is 5.69 Å². The zero-order valence-electron chi connectivity index (χ0n) is 16.6. The van der Waals surface area contributed by atoms with E-state index in [1.165, 1.54) is 24.4 Å². The molecule has 0 spiro atoms. The number of imidazole rings is 1. The number of aromatic nitrogens is 6. The summed E-state index contributed by atoms with van der Waals surface area (Å²) in [5, 5.41) is 4.94. The molecule has 0 aliphatic heterocycles. The fourth-order valence-electron chi connectivity index (χ4n) is 3.22. The quantitative estimate of drug-likeness (QED) is 0.459. The number of rotatable bonds is 2. The number of aryl methyl sites for hydroxylation is 1. The number of alkyl halides is 3. The summed E-state index contributed by atoms with van der Waals surface area (Å²) >= 11 is 6.57. The van der Waals surface area contributed by atoms with Crippen molar-refractivity contribution in [3.8, 4) is 22.8 Å². The molecular weight excluding hydrogens is 417 g/mol. The van der Waals surface area contributed by atoms with Crippen LogP contribution >= 0.6 is 11.6 Å². The highest BCUT2D eigenvalue weighted by Crippen LogP contribution is 2.37. The molecule has 0 saturated heterocycles. The van der Waals surface area contributed by atoms with Gasteiger partial charge in [-0.2, -0.15) is 18.3 Å². The van der Waals surface area contributed by atoms with Crippen LogP contribution in [-0.4, -0.2) is 29.7 Å². The highest BCUT2D eigenvalue weighted by molar-refractivity contribution is 6.33. The molecule has 3 heterocycles. The van der Waals surface area contributed by atoms with E-state index in [-0.39, 0.29) is 28.0 Å². The van der Waals surface area contributed by atoms with Crippen molar-refractivity contribution in [2.75, 3.05) is 0 Å². The third kappa shape index (κ3) is 3.43. The van der Waals surface area contributed by atoms with Crippen molar-refractivity contribution in [2.45, 2.75) is 32.4 Å². The van der Waals surface area contributed by atoms with E-state index < -0.39 is 11.7 Å². The Bertz CT molecular complexity index is 1250. The van der Waals surface area contributed by atoms with Crippen LogP contribution in [0.4, 0.5) is 13.2 Å². The normalized spacial score (nSPS) is 12.7. The van der Waals surface area contributed by atoms with Gasteiger partial charge in [0.2, 0.25) is 0 Å². The predicted octanol–water partition coefficient (Wildman–Crippen LogP) is 5.39. The Morgan fingerprint density at radius 3 is 2.40 bits per heavy atom. The summed E-state index contributed by atoms with van der Waals surface area (Å²) < 4.78 is 41.7. The number of nitrogens with zero attached hydrogens (tertiary/aromatic N) is 5. The number of aromatic amines is 1.